The van der Waals surface area contributed by atoms with Crippen molar-refractivity contribution < 1.29 is 0 Å². The second-order valence-electron chi connectivity index (χ2n) is 6.79. The van der Waals surface area contributed by atoms with E-state index in [1.165, 1.54) is 16.7 Å². The zero-order valence-electron chi connectivity index (χ0n) is 15.9. The van der Waals surface area contributed by atoms with E-state index in [-0.39, 0.29) is 0 Å². The van der Waals surface area contributed by atoms with Crippen molar-refractivity contribution in [3.05, 3.63) is 75.0 Å². The van der Waals surface area contributed by atoms with Gasteiger partial charge in [0.15, 0.2) is 5.11 Å². The van der Waals surface area contributed by atoms with Gasteiger partial charge < -0.3 is 10.6 Å². The van der Waals surface area contributed by atoms with Crippen LogP contribution in [0.2, 0.25) is 0 Å². The van der Waals surface area contributed by atoms with Gasteiger partial charge in [0.25, 0.3) is 0 Å². The fourth-order valence-corrected chi connectivity index (χ4v) is 3.60. The molecule has 0 atom stereocenters. The van der Waals surface area contributed by atoms with Crippen LogP contribution >= 0.6 is 28.1 Å². The maximum Gasteiger partial charge on any atom is 0.175 e. The van der Waals surface area contributed by atoms with E-state index >= 15 is 0 Å². The van der Waals surface area contributed by atoms with E-state index in [0.29, 0.717) is 5.11 Å². The van der Waals surface area contributed by atoms with Gasteiger partial charge in [0, 0.05) is 10.2 Å². The highest BCUT2D eigenvalue weighted by Crippen LogP contribution is 2.22. The van der Waals surface area contributed by atoms with Crippen molar-refractivity contribution >= 4 is 44.6 Å². The second-order valence-corrected chi connectivity index (χ2v) is 8.11. The summed E-state index contributed by atoms with van der Waals surface area (Å²) in [6, 6.07) is 14.6. The van der Waals surface area contributed by atoms with E-state index in [4.69, 9.17) is 12.2 Å². The van der Waals surface area contributed by atoms with Crippen LogP contribution in [0.5, 0.6) is 0 Å². The first kappa shape index (κ1) is 19.6. The molecule has 27 heavy (non-hydrogen) atoms. The summed E-state index contributed by atoms with van der Waals surface area (Å²) in [5.41, 5.74) is 7.53. The van der Waals surface area contributed by atoms with Crippen LogP contribution in [0.4, 0.5) is 11.4 Å². The minimum Gasteiger partial charge on any atom is -0.332 e. The summed E-state index contributed by atoms with van der Waals surface area (Å²) in [5, 5.41) is 11.8. The molecule has 0 saturated carbocycles. The van der Waals surface area contributed by atoms with Crippen LogP contribution in [0.25, 0.3) is 0 Å². The van der Waals surface area contributed by atoms with Crippen molar-refractivity contribution in [2.75, 3.05) is 10.6 Å². The zero-order valence-corrected chi connectivity index (χ0v) is 18.3. The van der Waals surface area contributed by atoms with Gasteiger partial charge in [-0.15, -0.1) is 0 Å². The number of halogens is 1. The summed E-state index contributed by atoms with van der Waals surface area (Å²) < 4.78 is 3.07. The predicted octanol–water partition coefficient (Wildman–Crippen LogP) is 5.74. The molecule has 4 nitrogen and oxygen atoms in total. The molecule has 3 rings (SSSR count). The van der Waals surface area contributed by atoms with E-state index in [9.17, 15) is 0 Å². The number of hydrogen-bond acceptors (Lipinski definition) is 2. The molecule has 2 aromatic carbocycles. The van der Waals surface area contributed by atoms with Gasteiger partial charge in [0.05, 0.1) is 23.6 Å². The van der Waals surface area contributed by atoms with E-state index in [1.807, 2.05) is 23.7 Å². The number of anilines is 2. The standard InChI is InChI=1S/C21H23BrN4S/c1-13-9-14(2)11-19(10-13)23-21(27)24-20-15(3)25-26(16(20)4)12-17-5-7-18(22)8-6-17/h5-11H,12H2,1-4H3,(H2,23,24,27). The number of nitrogens with one attached hydrogen (secondary N) is 2. The fraction of sp³-hybridized carbons (Fsp3) is 0.238. The van der Waals surface area contributed by atoms with Crippen molar-refractivity contribution in [1.29, 1.82) is 0 Å². The van der Waals surface area contributed by atoms with Crippen LogP contribution in [0.15, 0.2) is 46.9 Å². The van der Waals surface area contributed by atoms with Gasteiger partial charge in [-0.2, -0.15) is 5.10 Å². The highest BCUT2D eigenvalue weighted by atomic mass is 79.9. The molecule has 0 aliphatic heterocycles. The predicted molar refractivity (Wildman–Crippen MR) is 121 cm³/mol. The lowest BCUT2D eigenvalue weighted by molar-refractivity contribution is 0.659. The van der Waals surface area contributed by atoms with Crippen molar-refractivity contribution in [3.63, 3.8) is 0 Å². The Morgan fingerprint density at radius 2 is 1.63 bits per heavy atom. The molecule has 0 saturated heterocycles. The Morgan fingerprint density at radius 1 is 1.00 bits per heavy atom. The number of thiocarbonyl (C=S) groups is 1. The molecule has 0 spiro atoms. The first-order chi connectivity index (χ1) is 12.8. The van der Waals surface area contributed by atoms with E-state index in [0.717, 1.165) is 33.8 Å². The second kappa shape index (κ2) is 8.23. The van der Waals surface area contributed by atoms with Crippen molar-refractivity contribution in [2.45, 2.75) is 34.2 Å². The molecule has 3 aromatic rings. The molecule has 0 unspecified atom stereocenters. The molecule has 1 aromatic heterocycles. The molecule has 0 amide bonds. The maximum atomic E-state index is 5.51. The Kier molecular flexibility index (Phi) is 5.97. The summed E-state index contributed by atoms with van der Waals surface area (Å²) in [5.74, 6) is 0. The fourth-order valence-electron chi connectivity index (χ4n) is 3.12. The van der Waals surface area contributed by atoms with Crippen LogP contribution in [0.1, 0.15) is 28.1 Å². The lowest BCUT2D eigenvalue weighted by atomic mass is 10.1. The third-order valence-electron chi connectivity index (χ3n) is 4.35. The monoisotopic (exact) mass is 442 g/mol. The Morgan fingerprint density at radius 3 is 2.26 bits per heavy atom. The summed E-state index contributed by atoms with van der Waals surface area (Å²) >= 11 is 8.98. The molecule has 0 aliphatic rings. The van der Waals surface area contributed by atoms with Gasteiger partial charge in [-0.1, -0.05) is 34.1 Å². The summed E-state index contributed by atoms with van der Waals surface area (Å²) in [4.78, 5) is 0. The highest BCUT2D eigenvalue weighted by Gasteiger charge is 2.13. The molecule has 140 valence electrons. The number of hydrogen-bond donors (Lipinski definition) is 2. The van der Waals surface area contributed by atoms with Crippen molar-refractivity contribution in [2.24, 2.45) is 0 Å². The average Bonchev–Trinajstić information content (AvgIpc) is 2.83. The number of nitrogens with zero attached hydrogens (tertiary/aromatic N) is 2. The Hall–Kier alpha value is -2.18. The van der Waals surface area contributed by atoms with Gasteiger partial charge >= 0.3 is 0 Å². The van der Waals surface area contributed by atoms with Crippen LogP contribution in [0.3, 0.4) is 0 Å². The normalized spacial score (nSPS) is 10.7. The van der Waals surface area contributed by atoms with Crippen LogP contribution in [0, 0.1) is 27.7 Å². The zero-order chi connectivity index (χ0) is 19.6. The first-order valence-corrected chi connectivity index (χ1v) is 9.96. The molecule has 0 radical (unpaired) electrons. The number of aryl methyl sites for hydroxylation is 3. The van der Waals surface area contributed by atoms with Gasteiger partial charge in [0.2, 0.25) is 0 Å². The number of benzene rings is 2. The topological polar surface area (TPSA) is 41.9 Å². The first-order valence-electron chi connectivity index (χ1n) is 8.76. The van der Waals surface area contributed by atoms with E-state index < -0.39 is 0 Å². The van der Waals surface area contributed by atoms with Gasteiger partial charge in [-0.3, -0.25) is 4.68 Å². The molecular formula is C21H23BrN4S. The Bertz CT molecular complexity index is 956. The summed E-state index contributed by atoms with van der Waals surface area (Å²) in [6.07, 6.45) is 0. The quantitative estimate of drug-likeness (QED) is 0.505. The number of rotatable bonds is 4. The van der Waals surface area contributed by atoms with Crippen LogP contribution in [-0.2, 0) is 6.54 Å². The Balaban J connectivity index is 1.74. The summed E-state index contributed by atoms with van der Waals surface area (Å²) in [7, 11) is 0. The largest absolute Gasteiger partial charge is 0.332 e. The lowest BCUT2D eigenvalue weighted by Crippen LogP contribution is -2.20. The lowest BCUT2D eigenvalue weighted by Gasteiger charge is -2.12. The minimum absolute atomic E-state index is 0.564. The van der Waals surface area contributed by atoms with E-state index in [2.05, 4.69) is 82.8 Å². The molecule has 0 aliphatic carbocycles. The highest BCUT2D eigenvalue weighted by molar-refractivity contribution is 9.10. The SMILES string of the molecule is Cc1cc(C)cc(NC(=S)Nc2c(C)nn(Cc3ccc(Br)cc3)c2C)c1. The van der Waals surface area contributed by atoms with E-state index in [1.54, 1.807) is 0 Å². The minimum atomic E-state index is 0.564. The van der Waals surface area contributed by atoms with Crippen LogP contribution < -0.4 is 10.6 Å². The molecule has 0 bridgehead atoms. The maximum absolute atomic E-state index is 5.51. The van der Waals surface area contributed by atoms with Gasteiger partial charge in [-0.05, 0) is 80.9 Å². The third kappa shape index (κ3) is 4.96. The van der Waals surface area contributed by atoms with Gasteiger partial charge in [0.1, 0.15) is 0 Å². The molecule has 2 N–H and O–H groups in total. The van der Waals surface area contributed by atoms with Gasteiger partial charge in [-0.25, -0.2) is 0 Å². The number of aromatic nitrogens is 2. The third-order valence-corrected chi connectivity index (χ3v) is 5.08. The van der Waals surface area contributed by atoms with Crippen molar-refractivity contribution in [1.82, 2.24) is 9.78 Å². The van der Waals surface area contributed by atoms with Crippen molar-refractivity contribution in [3.8, 4) is 0 Å². The summed E-state index contributed by atoms with van der Waals surface area (Å²) in [6.45, 7) is 8.93. The molecule has 0 fully saturated rings. The molecule has 1 heterocycles. The molecular weight excluding hydrogens is 420 g/mol. The smallest absolute Gasteiger partial charge is 0.175 e. The van der Waals surface area contributed by atoms with Crippen LogP contribution in [-0.4, -0.2) is 14.9 Å². The Labute approximate surface area is 174 Å². The molecule has 6 heteroatoms. The average molecular weight is 443 g/mol.